The lowest BCUT2D eigenvalue weighted by Crippen LogP contribution is -2.44. The molecule has 0 aromatic heterocycles. The van der Waals surface area contributed by atoms with Gasteiger partial charge >= 0.3 is 0 Å². The second-order valence-corrected chi connectivity index (χ2v) is 6.13. The minimum Gasteiger partial charge on any atom is -0.493 e. The number of amides is 1. The molecule has 2 aromatic carbocycles. The first kappa shape index (κ1) is 15.6. The Labute approximate surface area is 136 Å². The predicted molar refractivity (Wildman–Crippen MR) is 88.7 cm³/mol. The highest BCUT2D eigenvalue weighted by atomic mass is 16.5. The van der Waals surface area contributed by atoms with E-state index < -0.39 is 5.60 Å². The fraction of sp³-hybridized carbons (Fsp3) is 0.316. The number of hydrogen-bond donors (Lipinski definition) is 2. The van der Waals surface area contributed by atoms with Crippen molar-refractivity contribution >= 4 is 5.91 Å². The fourth-order valence-corrected chi connectivity index (χ4v) is 2.93. The SMILES string of the molecule is Cc1ccc(C)c(C(=O)NCC2(O)CCOc3ccccc32)c1. The number of nitrogens with one attached hydrogen (secondary N) is 1. The number of ether oxygens (including phenoxy) is 1. The molecule has 0 fully saturated rings. The number of fused-ring (bicyclic) bond motifs is 1. The van der Waals surface area contributed by atoms with E-state index in [2.05, 4.69) is 5.32 Å². The molecule has 1 heterocycles. The standard InChI is InChI=1S/C19H21NO3/c1-13-7-8-14(2)15(11-13)18(21)20-12-19(22)9-10-23-17-6-4-3-5-16(17)19/h3-8,11,22H,9-10,12H2,1-2H3,(H,20,21). The smallest absolute Gasteiger partial charge is 0.251 e. The summed E-state index contributed by atoms with van der Waals surface area (Å²) < 4.78 is 5.57. The molecule has 2 N–H and O–H groups in total. The van der Waals surface area contributed by atoms with E-state index in [4.69, 9.17) is 4.74 Å². The summed E-state index contributed by atoms with van der Waals surface area (Å²) in [5.74, 6) is 0.519. The van der Waals surface area contributed by atoms with Crippen molar-refractivity contribution in [2.24, 2.45) is 0 Å². The van der Waals surface area contributed by atoms with Crippen molar-refractivity contribution in [3.8, 4) is 5.75 Å². The molecule has 120 valence electrons. The highest BCUT2D eigenvalue weighted by Gasteiger charge is 2.35. The van der Waals surface area contributed by atoms with Crippen LogP contribution in [0, 0.1) is 13.8 Å². The molecular formula is C19H21NO3. The summed E-state index contributed by atoms with van der Waals surface area (Å²) in [6.07, 6.45) is 0.455. The van der Waals surface area contributed by atoms with E-state index in [-0.39, 0.29) is 12.5 Å². The summed E-state index contributed by atoms with van der Waals surface area (Å²) in [5, 5.41) is 13.8. The van der Waals surface area contributed by atoms with Crippen molar-refractivity contribution < 1.29 is 14.6 Å². The quantitative estimate of drug-likeness (QED) is 0.916. The van der Waals surface area contributed by atoms with E-state index in [0.29, 0.717) is 24.3 Å². The molecular weight excluding hydrogens is 290 g/mol. The van der Waals surface area contributed by atoms with Crippen LogP contribution >= 0.6 is 0 Å². The maximum Gasteiger partial charge on any atom is 0.251 e. The van der Waals surface area contributed by atoms with E-state index in [9.17, 15) is 9.90 Å². The number of carbonyl (C=O) groups is 1. The van der Waals surface area contributed by atoms with Gasteiger partial charge in [-0.15, -0.1) is 0 Å². The van der Waals surface area contributed by atoms with Crippen molar-refractivity contribution in [3.05, 3.63) is 64.7 Å². The Hall–Kier alpha value is -2.33. The predicted octanol–water partition coefficient (Wildman–Crippen LogP) is 2.70. The van der Waals surface area contributed by atoms with Crippen molar-refractivity contribution in [2.45, 2.75) is 25.9 Å². The van der Waals surface area contributed by atoms with E-state index in [1.54, 1.807) is 0 Å². The molecule has 0 bridgehead atoms. The first-order valence-corrected chi connectivity index (χ1v) is 7.80. The minimum atomic E-state index is -1.10. The molecule has 0 aliphatic carbocycles. The summed E-state index contributed by atoms with van der Waals surface area (Å²) in [5.41, 5.74) is 2.24. The molecule has 23 heavy (non-hydrogen) atoms. The van der Waals surface area contributed by atoms with Crippen LogP contribution in [0.1, 0.15) is 33.5 Å². The highest BCUT2D eigenvalue weighted by molar-refractivity contribution is 5.95. The Kier molecular flexibility index (Phi) is 4.09. The molecule has 1 unspecified atom stereocenters. The number of carbonyl (C=O) groups excluding carboxylic acids is 1. The molecule has 0 radical (unpaired) electrons. The number of para-hydroxylation sites is 1. The third kappa shape index (κ3) is 3.08. The Bertz CT molecular complexity index is 741. The van der Waals surface area contributed by atoms with Crippen molar-refractivity contribution in [1.82, 2.24) is 5.32 Å². The Morgan fingerprint density at radius 1 is 1.26 bits per heavy atom. The molecule has 1 aliphatic heterocycles. The largest absolute Gasteiger partial charge is 0.493 e. The fourth-order valence-electron chi connectivity index (χ4n) is 2.93. The van der Waals surface area contributed by atoms with Crippen molar-refractivity contribution in [3.63, 3.8) is 0 Å². The van der Waals surface area contributed by atoms with Crippen LogP contribution < -0.4 is 10.1 Å². The van der Waals surface area contributed by atoms with Crippen LogP contribution in [-0.4, -0.2) is 24.2 Å². The van der Waals surface area contributed by atoms with Gasteiger partial charge in [-0.3, -0.25) is 4.79 Å². The molecule has 1 aliphatic rings. The second kappa shape index (κ2) is 6.05. The molecule has 2 aromatic rings. The van der Waals surface area contributed by atoms with Crippen LogP contribution in [0.4, 0.5) is 0 Å². The van der Waals surface area contributed by atoms with Crippen LogP contribution in [0.15, 0.2) is 42.5 Å². The zero-order chi connectivity index (χ0) is 16.4. The Balaban J connectivity index is 1.78. The average Bonchev–Trinajstić information content (AvgIpc) is 2.55. The van der Waals surface area contributed by atoms with Gasteiger partial charge in [0.25, 0.3) is 5.91 Å². The number of benzene rings is 2. The highest BCUT2D eigenvalue weighted by Crippen LogP contribution is 2.36. The van der Waals surface area contributed by atoms with Crippen LogP contribution in [0.5, 0.6) is 5.75 Å². The summed E-state index contributed by atoms with van der Waals surface area (Å²) in [6, 6.07) is 13.2. The van der Waals surface area contributed by atoms with Crippen LogP contribution in [0.25, 0.3) is 0 Å². The van der Waals surface area contributed by atoms with Gasteiger partial charge in [0.2, 0.25) is 0 Å². The first-order chi connectivity index (χ1) is 11.0. The summed E-state index contributed by atoms with van der Waals surface area (Å²) in [4.78, 5) is 12.5. The number of aryl methyl sites for hydroxylation is 2. The molecule has 0 saturated carbocycles. The van der Waals surface area contributed by atoms with Crippen LogP contribution in [0.3, 0.4) is 0 Å². The maximum absolute atomic E-state index is 12.5. The lowest BCUT2D eigenvalue weighted by molar-refractivity contribution is -0.00161. The summed E-state index contributed by atoms with van der Waals surface area (Å²) in [6.45, 7) is 4.47. The van der Waals surface area contributed by atoms with Gasteiger partial charge in [0.1, 0.15) is 11.4 Å². The second-order valence-electron chi connectivity index (χ2n) is 6.13. The Morgan fingerprint density at radius 2 is 2.04 bits per heavy atom. The molecule has 3 rings (SSSR count). The van der Waals surface area contributed by atoms with E-state index >= 15 is 0 Å². The number of aliphatic hydroxyl groups is 1. The topological polar surface area (TPSA) is 58.6 Å². The van der Waals surface area contributed by atoms with Crippen LogP contribution in [0.2, 0.25) is 0 Å². The van der Waals surface area contributed by atoms with E-state index in [1.807, 2.05) is 56.3 Å². The first-order valence-electron chi connectivity index (χ1n) is 7.80. The molecule has 1 atom stereocenters. The molecule has 0 saturated heterocycles. The molecule has 4 nitrogen and oxygen atoms in total. The summed E-state index contributed by atoms with van der Waals surface area (Å²) in [7, 11) is 0. The van der Waals surface area contributed by atoms with E-state index in [0.717, 1.165) is 16.7 Å². The molecule has 4 heteroatoms. The zero-order valence-electron chi connectivity index (χ0n) is 13.4. The van der Waals surface area contributed by atoms with Crippen molar-refractivity contribution in [2.75, 3.05) is 13.2 Å². The van der Waals surface area contributed by atoms with Crippen LogP contribution in [-0.2, 0) is 5.60 Å². The normalized spacial score (nSPS) is 19.6. The van der Waals surface area contributed by atoms with Gasteiger partial charge in [0, 0.05) is 17.5 Å². The van der Waals surface area contributed by atoms with Gasteiger partial charge in [0.05, 0.1) is 13.2 Å². The Morgan fingerprint density at radius 3 is 2.87 bits per heavy atom. The third-order valence-electron chi connectivity index (χ3n) is 4.34. The van der Waals surface area contributed by atoms with Gasteiger partial charge in [-0.05, 0) is 31.5 Å². The zero-order valence-corrected chi connectivity index (χ0v) is 13.4. The molecule has 0 spiro atoms. The van der Waals surface area contributed by atoms with Gasteiger partial charge < -0.3 is 15.2 Å². The summed E-state index contributed by atoms with van der Waals surface area (Å²) >= 11 is 0. The third-order valence-corrected chi connectivity index (χ3v) is 4.34. The maximum atomic E-state index is 12.5. The average molecular weight is 311 g/mol. The lowest BCUT2D eigenvalue weighted by Gasteiger charge is -2.34. The van der Waals surface area contributed by atoms with Crippen molar-refractivity contribution in [1.29, 1.82) is 0 Å². The van der Waals surface area contributed by atoms with Gasteiger partial charge in [0.15, 0.2) is 0 Å². The number of rotatable bonds is 3. The van der Waals surface area contributed by atoms with E-state index in [1.165, 1.54) is 0 Å². The van der Waals surface area contributed by atoms with Gasteiger partial charge in [-0.25, -0.2) is 0 Å². The van der Waals surface area contributed by atoms with Gasteiger partial charge in [-0.2, -0.15) is 0 Å². The minimum absolute atomic E-state index is 0.163. The monoisotopic (exact) mass is 311 g/mol. The number of hydrogen-bond acceptors (Lipinski definition) is 3. The van der Waals surface area contributed by atoms with Gasteiger partial charge in [-0.1, -0.05) is 35.9 Å². The lowest BCUT2D eigenvalue weighted by atomic mass is 9.88. The molecule has 1 amide bonds.